The van der Waals surface area contributed by atoms with Gasteiger partial charge in [-0.15, -0.1) is 0 Å². The summed E-state index contributed by atoms with van der Waals surface area (Å²) in [4.78, 5) is 4.66. The predicted octanol–water partition coefficient (Wildman–Crippen LogP) is 2.81. The number of nitrogens with one attached hydrogen (secondary N) is 1. The van der Waals surface area contributed by atoms with Gasteiger partial charge in [-0.25, -0.2) is 4.99 Å². The molecule has 6 nitrogen and oxygen atoms in total. The molecule has 7 heteroatoms. The van der Waals surface area contributed by atoms with E-state index in [2.05, 4.69) is 26.5 Å². The lowest BCUT2D eigenvalue weighted by molar-refractivity contribution is 0.591. The van der Waals surface area contributed by atoms with Crippen LogP contribution in [0.4, 0.5) is 5.69 Å². The first-order chi connectivity index (χ1) is 9.92. The lowest BCUT2D eigenvalue weighted by atomic mass is 10.3. The molecule has 0 fully saturated rings. The zero-order chi connectivity index (χ0) is 15.8. The third-order valence-corrected chi connectivity index (χ3v) is 3.31. The molecule has 0 aliphatic rings. The Kier molecular flexibility index (Phi) is 6.64. The van der Waals surface area contributed by atoms with Crippen molar-refractivity contribution in [3.8, 4) is 0 Å². The van der Waals surface area contributed by atoms with Crippen molar-refractivity contribution in [1.82, 2.24) is 4.72 Å². The van der Waals surface area contributed by atoms with Crippen LogP contribution in [0.2, 0.25) is 0 Å². The zero-order valence-corrected chi connectivity index (χ0v) is 13.1. The smallest absolute Gasteiger partial charge is 0.236 e. The van der Waals surface area contributed by atoms with Crippen molar-refractivity contribution in [1.29, 1.82) is 0 Å². The molecule has 0 aromatic heterocycles. The Hall–Kier alpha value is -2.12. The van der Waals surface area contributed by atoms with Gasteiger partial charge in [0.05, 0.1) is 5.69 Å². The quantitative estimate of drug-likeness (QED) is 0.288. The van der Waals surface area contributed by atoms with Gasteiger partial charge in [0, 0.05) is 12.7 Å². The van der Waals surface area contributed by atoms with Crippen LogP contribution in [0, 0.1) is 0 Å². The number of nitrogens with two attached hydrogens (primary N) is 1. The van der Waals surface area contributed by atoms with E-state index in [-0.39, 0.29) is 5.96 Å². The van der Waals surface area contributed by atoms with Crippen molar-refractivity contribution in [3.63, 3.8) is 0 Å². The maximum atomic E-state index is 12.1. The molecular weight excluding hydrogens is 286 g/mol. The van der Waals surface area contributed by atoms with E-state index in [1.807, 2.05) is 6.92 Å². The first kappa shape index (κ1) is 16.9. The fourth-order valence-corrected chi connectivity index (χ4v) is 2.24. The minimum Gasteiger partial charge on any atom is -0.588 e. The van der Waals surface area contributed by atoms with E-state index in [0.717, 1.165) is 5.57 Å². The van der Waals surface area contributed by atoms with E-state index in [0.29, 0.717) is 16.3 Å². The Bertz CT molecular complexity index is 578. The summed E-state index contributed by atoms with van der Waals surface area (Å²) in [6, 6.07) is 6.83. The van der Waals surface area contributed by atoms with Gasteiger partial charge in [-0.1, -0.05) is 12.2 Å². The summed E-state index contributed by atoms with van der Waals surface area (Å²) >= 11 is -1.48. The van der Waals surface area contributed by atoms with Crippen LogP contribution < -0.4 is 10.5 Å². The third-order valence-electron chi connectivity index (χ3n) is 2.22. The Labute approximate surface area is 127 Å². The normalized spacial score (nSPS) is 14.3. The lowest BCUT2D eigenvalue weighted by Crippen LogP contribution is -2.36. The topological polar surface area (TPSA) is 98.2 Å². The number of nitrogens with zero attached hydrogens (tertiary/aromatic N) is 3. The van der Waals surface area contributed by atoms with Crippen LogP contribution in [0.3, 0.4) is 0 Å². The predicted molar refractivity (Wildman–Crippen MR) is 86.6 cm³/mol. The average molecular weight is 305 g/mol. The van der Waals surface area contributed by atoms with Gasteiger partial charge in [-0.3, -0.25) is 0 Å². The molecule has 0 saturated heterocycles. The van der Waals surface area contributed by atoms with Crippen molar-refractivity contribution in [3.05, 3.63) is 48.2 Å². The highest BCUT2D eigenvalue weighted by Gasteiger charge is 2.12. The number of benzene rings is 1. The molecule has 0 saturated carbocycles. The highest BCUT2D eigenvalue weighted by Crippen LogP contribution is 2.16. The van der Waals surface area contributed by atoms with Crippen molar-refractivity contribution in [2.24, 2.45) is 21.0 Å². The van der Waals surface area contributed by atoms with Gasteiger partial charge >= 0.3 is 0 Å². The van der Waals surface area contributed by atoms with Gasteiger partial charge in [0.15, 0.2) is 4.90 Å². The fourth-order valence-electron chi connectivity index (χ4n) is 1.51. The second kappa shape index (κ2) is 8.23. The van der Waals surface area contributed by atoms with Crippen LogP contribution >= 0.6 is 0 Å². The lowest BCUT2D eigenvalue weighted by Gasteiger charge is -2.10. The summed E-state index contributed by atoms with van der Waals surface area (Å²) in [7, 11) is 1.59. The number of rotatable bonds is 5. The molecule has 112 valence electrons. The monoisotopic (exact) mass is 305 g/mol. The highest BCUT2D eigenvalue weighted by atomic mass is 32.2. The summed E-state index contributed by atoms with van der Waals surface area (Å²) in [6.45, 7) is 7.40. The van der Waals surface area contributed by atoms with Crippen LogP contribution in [-0.2, 0) is 11.4 Å². The summed E-state index contributed by atoms with van der Waals surface area (Å²) in [6.07, 6.45) is 1.78. The molecule has 1 aromatic rings. The van der Waals surface area contributed by atoms with E-state index in [4.69, 9.17) is 5.73 Å². The standard InChI is InChI=1S/C14H19N5OS/c1-10(2)9-11(3)17-14(15)19-21(20)13-7-5-12(6-8-13)18-16-4/h5-9H,1H2,2-4H3,(H3,15,17,19)/b11-9-,18-16-. The van der Waals surface area contributed by atoms with Crippen LogP contribution in [-0.4, -0.2) is 17.6 Å². The number of azo groups is 1. The Morgan fingerprint density at radius 2 is 1.95 bits per heavy atom. The molecule has 0 radical (unpaired) electrons. The largest absolute Gasteiger partial charge is 0.588 e. The Balaban J connectivity index is 2.73. The molecule has 3 N–H and O–H groups in total. The molecule has 1 unspecified atom stereocenters. The van der Waals surface area contributed by atoms with Crippen LogP contribution in [0.1, 0.15) is 13.8 Å². The molecule has 0 spiro atoms. The van der Waals surface area contributed by atoms with E-state index < -0.39 is 11.4 Å². The molecule has 21 heavy (non-hydrogen) atoms. The summed E-state index contributed by atoms with van der Waals surface area (Å²) in [5.41, 5.74) is 7.95. The molecule has 0 bridgehead atoms. The molecule has 1 atom stereocenters. The summed E-state index contributed by atoms with van der Waals surface area (Å²) in [5, 5.41) is 7.54. The van der Waals surface area contributed by atoms with Crippen LogP contribution in [0.5, 0.6) is 0 Å². The Morgan fingerprint density at radius 3 is 2.48 bits per heavy atom. The van der Waals surface area contributed by atoms with Gasteiger partial charge in [0.1, 0.15) is 11.4 Å². The third kappa shape index (κ3) is 6.24. The van der Waals surface area contributed by atoms with Gasteiger partial charge in [-0.05, 0) is 44.2 Å². The molecule has 1 rings (SSSR count). The minimum absolute atomic E-state index is 0.0839. The maximum absolute atomic E-state index is 12.1. The van der Waals surface area contributed by atoms with Crippen molar-refractivity contribution in [2.75, 3.05) is 7.05 Å². The maximum Gasteiger partial charge on any atom is 0.236 e. The number of hydrogen-bond acceptors (Lipinski definition) is 4. The van der Waals surface area contributed by atoms with Crippen molar-refractivity contribution in [2.45, 2.75) is 18.7 Å². The summed E-state index contributed by atoms with van der Waals surface area (Å²) in [5.74, 6) is 0.0839. The van der Waals surface area contributed by atoms with E-state index in [1.54, 1.807) is 44.3 Å². The van der Waals surface area contributed by atoms with Crippen LogP contribution in [0.25, 0.3) is 0 Å². The van der Waals surface area contributed by atoms with Gasteiger partial charge in [0.25, 0.3) is 0 Å². The molecular formula is C14H19N5OS. The molecule has 0 aliphatic carbocycles. The average Bonchev–Trinajstić information content (AvgIpc) is 2.38. The summed E-state index contributed by atoms with van der Waals surface area (Å²) < 4.78 is 14.7. The van der Waals surface area contributed by atoms with Gasteiger partial charge < -0.3 is 10.3 Å². The van der Waals surface area contributed by atoms with E-state index in [9.17, 15) is 4.55 Å². The fraction of sp³-hybridized carbons (Fsp3) is 0.214. The van der Waals surface area contributed by atoms with Crippen LogP contribution in [0.15, 0.2) is 68.3 Å². The molecule has 0 aliphatic heterocycles. The molecule has 0 heterocycles. The SMILES string of the molecule is C=C(C)/C=C(C)\N=C(/N)N[S+]([O-])c1ccc(/N=N\C)cc1. The molecule has 0 amide bonds. The second-order valence-corrected chi connectivity index (χ2v) is 5.51. The zero-order valence-electron chi connectivity index (χ0n) is 12.3. The minimum atomic E-state index is -1.48. The first-order valence-corrected chi connectivity index (χ1v) is 7.33. The second-order valence-electron chi connectivity index (χ2n) is 4.29. The van der Waals surface area contributed by atoms with E-state index in [1.165, 1.54) is 0 Å². The number of aliphatic imine (C=N–C) groups is 1. The van der Waals surface area contributed by atoms with E-state index >= 15 is 0 Å². The first-order valence-electron chi connectivity index (χ1n) is 6.18. The van der Waals surface area contributed by atoms with Crippen molar-refractivity contribution < 1.29 is 4.55 Å². The highest BCUT2D eigenvalue weighted by molar-refractivity contribution is 7.90. The van der Waals surface area contributed by atoms with Crippen molar-refractivity contribution >= 4 is 23.0 Å². The number of guanidine groups is 1. The number of hydrogen-bond donors (Lipinski definition) is 2. The number of allylic oxidation sites excluding steroid dienone is 3. The Morgan fingerprint density at radius 1 is 1.33 bits per heavy atom. The van der Waals surface area contributed by atoms with Gasteiger partial charge in [-0.2, -0.15) is 15.0 Å². The molecule has 1 aromatic carbocycles. The van der Waals surface area contributed by atoms with Gasteiger partial charge in [0.2, 0.25) is 5.96 Å².